The Bertz CT molecular complexity index is 630. The summed E-state index contributed by atoms with van der Waals surface area (Å²) in [5, 5.41) is 12.1. The zero-order chi connectivity index (χ0) is 14.9. The minimum Gasteiger partial charge on any atom is -0.327 e. The van der Waals surface area contributed by atoms with Gasteiger partial charge >= 0.3 is 0 Å². The van der Waals surface area contributed by atoms with Gasteiger partial charge in [-0.2, -0.15) is 0 Å². The fourth-order valence-corrected chi connectivity index (χ4v) is 2.88. The summed E-state index contributed by atoms with van der Waals surface area (Å²) in [5.74, 6) is 0.169. The SMILES string of the molecule is CC(C)C(c1ccc2ncccc2c1[N+](=O)[O-])C(C)N. The molecule has 0 saturated heterocycles. The van der Waals surface area contributed by atoms with Crippen molar-refractivity contribution in [1.29, 1.82) is 0 Å². The Hall–Kier alpha value is -2.01. The number of nitro benzene ring substituents is 1. The third-order valence-electron chi connectivity index (χ3n) is 3.61. The van der Waals surface area contributed by atoms with Gasteiger partial charge in [0.2, 0.25) is 0 Å². The maximum atomic E-state index is 11.5. The Morgan fingerprint density at radius 1 is 1.25 bits per heavy atom. The van der Waals surface area contributed by atoms with Gasteiger partial charge in [0.15, 0.2) is 0 Å². The van der Waals surface area contributed by atoms with Gasteiger partial charge in [-0.05, 0) is 37.1 Å². The maximum Gasteiger partial charge on any atom is 0.282 e. The molecule has 1 aromatic heterocycles. The molecule has 0 aliphatic heterocycles. The summed E-state index contributed by atoms with van der Waals surface area (Å²) in [7, 11) is 0. The smallest absolute Gasteiger partial charge is 0.282 e. The summed E-state index contributed by atoms with van der Waals surface area (Å²) in [6.07, 6.45) is 1.64. The molecule has 2 unspecified atom stereocenters. The lowest BCUT2D eigenvalue weighted by molar-refractivity contribution is -0.384. The molecule has 2 aromatic rings. The van der Waals surface area contributed by atoms with Crippen LogP contribution in [-0.2, 0) is 0 Å². The monoisotopic (exact) mass is 273 g/mol. The second kappa shape index (κ2) is 5.54. The van der Waals surface area contributed by atoms with Crippen molar-refractivity contribution in [3.63, 3.8) is 0 Å². The molecule has 20 heavy (non-hydrogen) atoms. The summed E-state index contributed by atoms with van der Waals surface area (Å²) in [5.41, 5.74) is 7.50. The third-order valence-corrected chi connectivity index (χ3v) is 3.61. The average Bonchev–Trinajstić information content (AvgIpc) is 2.37. The fourth-order valence-electron chi connectivity index (χ4n) is 2.88. The van der Waals surface area contributed by atoms with E-state index in [1.807, 2.05) is 26.8 Å². The number of hydrogen-bond acceptors (Lipinski definition) is 4. The highest BCUT2D eigenvalue weighted by Crippen LogP contribution is 2.37. The van der Waals surface area contributed by atoms with E-state index in [2.05, 4.69) is 4.98 Å². The molecule has 0 fully saturated rings. The Morgan fingerprint density at radius 3 is 2.50 bits per heavy atom. The Kier molecular flexibility index (Phi) is 3.99. The largest absolute Gasteiger partial charge is 0.327 e. The van der Waals surface area contributed by atoms with E-state index < -0.39 is 0 Å². The molecule has 2 atom stereocenters. The van der Waals surface area contributed by atoms with E-state index in [0.717, 1.165) is 0 Å². The van der Waals surface area contributed by atoms with E-state index in [1.165, 1.54) is 0 Å². The number of pyridine rings is 1. The quantitative estimate of drug-likeness (QED) is 0.684. The molecule has 0 spiro atoms. The molecule has 0 amide bonds. The number of benzene rings is 1. The summed E-state index contributed by atoms with van der Waals surface area (Å²) in [4.78, 5) is 15.4. The van der Waals surface area contributed by atoms with Crippen LogP contribution < -0.4 is 5.73 Å². The number of nitro groups is 1. The maximum absolute atomic E-state index is 11.5. The Labute approximate surface area is 118 Å². The highest BCUT2D eigenvalue weighted by molar-refractivity contribution is 5.89. The van der Waals surface area contributed by atoms with Crippen LogP contribution in [0.15, 0.2) is 30.5 Å². The van der Waals surface area contributed by atoms with Gasteiger partial charge in [0.25, 0.3) is 5.69 Å². The standard InChI is InChI=1S/C15H19N3O2/c1-9(2)14(10(3)16)12-6-7-13-11(5-4-8-17-13)15(12)18(19)20/h4-10,14H,16H2,1-3H3. The van der Waals surface area contributed by atoms with Gasteiger partial charge in [0, 0.05) is 23.7 Å². The van der Waals surface area contributed by atoms with Crippen molar-refractivity contribution in [2.75, 3.05) is 0 Å². The molecule has 106 valence electrons. The molecule has 0 radical (unpaired) electrons. The van der Waals surface area contributed by atoms with E-state index in [9.17, 15) is 10.1 Å². The van der Waals surface area contributed by atoms with Crippen molar-refractivity contribution in [1.82, 2.24) is 4.98 Å². The van der Waals surface area contributed by atoms with Crippen LogP contribution in [0.25, 0.3) is 10.9 Å². The molecular weight excluding hydrogens is 254 g/mol. The van der Waals surface area contributed by atoms with Crippen LogP contribution in [0.2, 0.25) is 0 Å². The van der Waals surface area contributed by atoms with E-state index in [0.29, 0.717) is 16.5 Å². The zero-order valence-electron chi connectivity index (χ0n) is 11.9. The average molecular weight is 273 g/mol. The van der Waals surface area contributed by atoms with Crippen LogP contribution in [0.3, 0.4) is 0 Å². The number of rotatable bonds is 4. The second-order valence-corrected chi connectivity index (χ2v) is 5.46. The van der Waals surface area contributed by atoms with Gasteiger partial charge < -0.3 is 5.73 Å². The molecule has 2 rings (SSSR count). The van der Waals surface area contributed by atoms with Gasteiger partial charge in [-0.15, -0.1) is 0 Å². The summed E-state index contributed by atoms with van der Waals surface area (Å²) < 4.78 is 0. The predicted molar refractivity (Wildman–Crippen MR) is 79.6 cm³/mol. The first kappa shape index (κ1) is 14.4. The van der Waals surface area contributed by atoms with Crippen molar-refractivity contribution in [3.8, 4) is 0 Å². The van der Waals surface area contributed by atoms with E-state index in [4.69, 9.17) is 5.73 Å². The van der Waals surface area contributed by atoms with Crippen LogP contribution in [0, 0.1) is 16.0 Å². The molecule has 5 heteroatoms. The van der Waals surface area contributed by atoms with Crippen LogP contribution in [-0.4, -0.2) is 15.9 Å². The first-order valence-corrected chi connectivity index (χ1v) is 6.71. The van der Waals surface area contributed by atoms with Gasteiger partial charge in [-0.25, -0.2) is 0 Å². The Balaban J connectivity index is 2.75. The fraction of sp³-hybridized carbons (Fsp3) is 0.400. The minimum absolute atomic E-state index is 0.0555. The highest BCUT2D eigenvalue weighted by atomic mass is 16.6. The van der Waals surface area contributed by atoms with Crippen LogP contribution in [0.1, 0.15) is 32.3 Å². The van der Waals surface area contributed by atoms with Gasteiger partial charge in [-0.3, -0.25) is 15.1 Å². The van der Waals surface area contributed by atoms with E-state index >= 15 is 0 Å². The first-order chi connectivity index (χ1) is 9.43. The summed E-state index contributed by atoms with van der Waals surface area (Å²) in [6.45, 7) is 5.96. The number of hydrogen-bond donors (Lipinski definition) is 1. The lowest BCUT2D eigenvalue weighted by Crippen LogP contribution is -2.29. The van der Waals surface area contributed by atoms with Gasteiger partial charge in [0.05, 0.1) is 15.8 Å². The topological polar surface area (TPSA) is 82.0 Å². The van der Waals surface area contributed by atoms with E-state index in [1.54, 1.807) is 24.4 Å². The lowest BCUT2D eigenvalue weighted by atomic mass is 9.82. The lowest BCUT2D eigenvalue weighted by Gasteiger charge is -2.25. The molecule has 0 aliphatic rings. The summed E-state index contributed by atoms with van der Waals surface area (Å²) >= 11 is 0. The zero-order valence-corrected chi connectivity index (χ0v) is 11.9. The van der Waals surface area contributed by atoms with Gasteiger partial charge in [0.1, 0.15) is 0 Å². The van der Waals surface area contributed by atoms with Gasteiger partial charge in [-0.1, -0.05) is 13.8 Å². The minimum atomic E-state index is -0.322. The van der Waals surface area contributed by atoms with Crippen molar-refractivity contribution >= 4 is 16.6 Å². The summed E-state index contributed by atoms with van der Waals surface area (Å²) in [6, 6.07) is 6.93. The third kappa shape index (κ3) is 2.49. The molecule has 0 aliphatic carbocycles. The molecule has 2 N–H and O–H groups in total. The molecule has 5 nitrogen and oxygen atoms in total. The van der Waals surface area contributed by atoms with Crippen LogP contribution in [0.5, 0.6) is 0 Å². The number of nitrogens with two attached hydrogens (primary N) is 1. The molecule has 0 bridgehead atoms. The van der Waals surface area contributed by atoms with Crippen molar-refractivity contribution in [2.24, 2.45) is 11.7 Å². The number of fused-ring (bicyclic) bond motifs is 1. The van der Waals surface area contributed by atoms with Crippen LogP contribution in [0.4, 0.5) is 5.69 Å². The molecule has 1 aromatic carbocycles. The first-order valence-electron chi connectivity index (χ1n) is 6.71. The van der Waals surface area contributed by atoms with Crippen LogP contribution >= 0.6 is 0 Å². The number of nitrogens with zero attached hydrogens (tertiary/aromatic N) is 2. The van der Waals surface area contributed by atoms with E-state index in [-0.39, 0.29) is 28.5 Å². The highest BCUT2D eigenvalue weighted by Gasteiger charge is 2.29. The van der Waals surface area contributed by atoms with Crippen molar-refractivity contribution in [2.45, 2.75) is 32.7 Å². The predicted octanol–water partition coefficient (Wildman–Crippen LogP) is 3.23. The van der Waals surface area contributed by atoms with Crippen molar-refractivity contribution < 1.29 is 4.92 Å². The molecule has 0 saturated carbocycles. The second-order valence-electron chi connectivity index (χ2n) is 5.46. The number of aromatic nitrogens is 1. The normalized spacial score (nSPS) is 14.4. The molecular formula is C15H19N3O2. The van der Waals surface area contributed by atoms with Crippen molar-refractivity contribution in [3.05, 3.63) is 46.1 Å². The molecule has 1 heterocycles. The Morgan fingerprint density at radius 2 is 1.95 bits per heavy atom.